The van der Waals surface area contributed by atoms with Crippen LogP contribution in [0.3, 0.4) is 0 Å². The molecule has 0 amide bonds. The van der Waals surface area contributed by atoms with Crippen LogP contribution in [0, 0.1) is 20.8 Å². The van der Waals surface area contributed by atoms with Crippen molar-refractivity contribution in [1.29, 1.82) is 0 Å². The molecule has 0 aliphatic carbocycles. The summed E-state index contributed by atoms with van der Waals surface area (Å²) in [5.41, 5.74) is 10.7. The van der Waals surface area contributed by atoms with Gasteiger partial charge in [0, 0.05) is 4.47 Å². The topological polar surface area (TPSA) is 65.2 Å². The van der Waals surface area contributed by atoms with Crippen molar-refractivity contribution in [3.05, 3.63) is 81.0 Å². The van der Waals surface area contributed by atoms with Crippen molar-refractivity contribution in [2.24, 2.45) is 0 Å². The molecule has 4 rings (SSSR count). The van der Waals surface area contributed by atoms with Crippen LogP contribution in [-0.2, 0) is 0 Å². The van der Waals surface area contributed by atoms with E-state index < -0.39 is 0 Å². The van der Waals surface area contributed by atoms with Gasteiger partial charge in [-0.05, 0) is 60.0 Å². The third-order valence-corrected chi connectivity index (χ3v) is 5.86. The largest absolute Gasteiger partial charge is 0.465 e. The van der Waals surface area contributed by atoms with Crippen LogP contribution in [0.2, 0.25) is 0 Å². The van der Waals surface area contributed by atoms with Crippen molar-refractivity contribution in [2.45, 2.75) is 26.7 Å². The van der Waals surface area contributed by atoms with Gasteiger partial charge in [-0.3, -0.25) is 0 Å². The minimum Gasteiger partial charge on any atom is -0.465 e. The molecule has 3 aromatic heterocycles. The number of pyridine rings is 1. The quantitative estimate of drug-likeness (QED) is 0.458. The highest BCUT2D eigenvalue weighted by atomic mass is 79.9. The molecular formula is C21H19BrN2O2. The van der Waals surface area contributed by atoms with E-state index in [1.165, 1.54) is 0 Å². The van der Waals surface area contributed by atoms with E-state index >= 15 is 0 Å². The first-order valence-corrected chi connectivity index (χ1v) is 9.22. The summed E-state index contributed by atoms with van der Waals surface area (Å²) < 4.78 is 13.1. The summed E-state index contributed by atoms with van der Waals surface area (Å²) >= 11 is 3.60. The maximum Gasteiger partial charge on any atom is 0.229 e. The number of nitrogens with zero attached hydrogens (tertiary/aromatic N) is 1. The first-order chi connectivity index (χ1) is 12.5. The molecule has 0 spiro atoms. The lowest BCUT2D eigenvalue weighted by molar-refractivity contribution is 0.447. The van der Waals surface area contributed by atoms with Gasteiger partial charge in [0.25, 0.3) is 0 Å². The molecule has 1 unspecified atom stereocenters. The lowest BCUT2D eigenvalue weighted by Gasteiger charge is -2.13. The van der Waals surface area contributed by atoms with Crippen LogP contribution in [0.15, 0.2) is 55.8 Å². The van der Waals surface area contributed by atoms with E-state index in [9.17, 15) is 0 Å². The fourth-order valence-corrected chi connectivity index (χ4v) is 3.67. The highest BCUT2D eigenvalue weighted by Gasteiger charge is 2.29. The number of benzene rings is 1. The van der Waals surface area contributed by atoms with Crippen LogP contribution >= 0.6 is 15.9 Å². The Hall–Kier alpha value is -2.53. The van der Waals surface area contributed by atoms with E-state index in [-0.39, 0.29) is 5.92 Å². The fourth-order valence-electron chi connectivity index (χ4n) is 3.39. The van der Waals surface area contributed by atoms with Crippen molar-refractivity contribution in [1.82, 2.24) is 4.98 Å². The second kappa shape index (κ2) is 6.32. The molecule has 0 saturated heterocycles. The molecule has 5 heteroatoms. The molecule has 4 aromatic rings. The van der Waals surface area contributed by atoms with Crippen molar-refractivity contribution in [2.75, 3.05) is 5.73 Å². The Labute approximate surface area is 160 Å². The van der Waals surface area contributed by atoms with Crippen molar-refractivity contribution < 1.29 is 8.83 Å². The Balaban J connectivity index is 2.00. The second-order valence-electron chi connectivity index (χ2n) is 6.49. The van der Waals surface area contributed by atoms with Gasteiger partial charge in [-0.15, -0.1) is 0 Å². The molecule has 0 aliphatic heterocycles. The average molecular weight is 411 g/mol. The standard InChI is InChI=1S/C21H19BrN2O2/c1-11-9-10-15(25-11)17(14-7-5-4-6-8-14)20-19(23)16-12(2)18(22)13(3)24-21(16)26-20/h4-10,17H,23H2,1-3H3. The van der Waals surface area contributed by atoms with Crippen LogP contribution in [0.25, 0.3) is 11.1 Å². The number of rotatable bonds is 3. The number of furan rings is 2. The summed E-state index contributed by atoms with van der Waals surface area (Å²) in [4.78, 5) is 4.57. The summed E-state index contributed by atoms with van der Waals surface area (Å²) in [6, 6.07) is 14.0. The van der Waals surface area contributed by atoms with Crippen molar-refractivity contribution in [3.63, 3.8) is 0 Å². The minimum atomic E-state index is -0.224. The molecule has 1 aromatic carbocycles. The minimum absolute atomic E-state index is 0.224. The number of hydrogen-bond acceptors (Lipinski definition) is 4. The molecule has 4 nitrogen and oxygen atoms in total. The summed E-state index contributed by atoms with van der Waals surface area (Å²) in [5.74, 6) is 2.09. The SMILES string of the molecule is Cc1ccc(C(c2ccccc2)c2oc3nc(C)c(Br)c(C)c3c2N)o1. The molecule has 0 saturated carbocycles. The van der Waals surface area contributed by atoms with E-state index in [2.05, 4.69) is 33.0 Å². The Morgan fingerprint density at radius 3 is 2.38 bits per heavy atom. The highest BCUT2D eigenvalue weighted by molar-refractivity contribution is 9.10. The first-order valence-electron chi connectivity index (χ1n) is 8.43. The molecule has 0 aliphatic rings. The molecule has 0 radical (unpaired) electrons. The van der Waals surface area contributed by atoms with E-state index in [4.69, 9.17) is 14.6 Å². The van der Waals surface area contributed by atoms with Crippen LogP contribution in [0.1, 0.15) is 40.0 Å². The van der Waals surface area contributed by atoms with Crippen molar-refractivity contribution in [3.8, 4) is 0 Å². The lowest BCUT2D eigenvalue weighted by atomic mass is 9.92. The Morgan fingerprint density at radius 2 is 1.73 bits per heavy atom. The summed E-state index contributed by atoms with van der Waals surface area (Å²) in [6.45, 7) is 5.89. The van der Waals surface area contributed by atoms with E-state index in [1.54, 1.807) is 0 Å². The zero-order chi connectivity index (χ0) is 18.4. The number of nitrogen functional groups attached to an aromatic ring is 1. The zero-order valence-electron chi connectivity index (χ0n) is 14.8. The normalized spacial score (nSPS) is 12.6. The van der Waals surface area contributed by atoms with E-state index in [1.807, 2.05) is 51.1 Å². The number of fused-ring (bicyclic) bond motifs is 1. The zero-order valence-corrected chi connectivity index (χ0v) is 16.4. The van der Waals surface area contributed by atoms with Crippen molar-refractivity contribution >= 4 is 32.7 Å². The fraction of sp³-hybridized carbons (Fsp3) is 0.190. The maximum absolute atomic E-state index is 6.54. The van der Waals surface area contributed by atoms with Gasteiger partial charge in [-0.25, -0.2) is 4.98 Å². The van der Waals surface area contributed by atoms with Crippen LogP contribution in [0.5, 0.6) is 0 Å². The van der Waals surface area contributed by atoms with Gasteiger partial charge in [-0.2, -0.15) is 0 Å². The van der Waals surface area contributed by atoms with Gasteiger partial charge in [0.2, 0.25) is 5.71 Å². The van der Waals surface area contributed by atoms with E-state index in [0.29, 0.717) is 17.2 Å². The van der Waals surface area contributed by atoms with Crippen LogP contribution < -0.4 is 5.73 Å². The number of nitrogens with two attached hydrogens (primary N) is 1. The smallest absolute Gasteiger partial charge is 0.229 e. The molecule has 1 atom stereocenters. The number of aromatic nitrogens is 1. The van der Waals surface area contributed by atoms with Gasteiger partial charge in [0.1, 0.15) is 23.2 Å². The van der Waals surface area contributed by atoms with Gasteiger partial charge in [0.15, 0.2) is 0 Å². The van der Waals surface area contributed by atoms with E-state index in [0.717, 1.165) is 38.2 Å². The van der Waals surface area contributed by atoms with Gasteiger partial charge in [-0.1, -0.05) is 30.3 Å². The third-order valence-electron chi connectivity index (χ3n) is 4.69. The number of halogens is 1. The predicted octanol–water partition coefficient (Wildman–Crippen LogP) is 5.87. The molecule has 132 valence electrons. The first kappa shape index (κ1) is 16.9. The lowest BCUT2D eigenvalue weighted by Crippen LogP contribution is -2.04. The monoisotopic (exact) mass is 410 g/mol. The number of hydrogen-bond donors (Lipinski definition) is 1. The second-order valence-corrected chi connectivity index (χ2v) is 7.28. The maximum atomic E-state index is 6.54. The highest BCUT2D eigenvalue weighted by Crippen LogP contribution is 2.42. The Kier molecular flexibility index (Phi) is 4.11. The number of anilines is 1. The molecule has 26 heavy (non-hydrogen) atoms. The van der Waals surface area contributed by atoms with Crippen LogP contribution in [0.4, 0.5) is 5.69 Å². The Bertz CT molecular complexity index is 1100. The van der Waals surface area contributed by atoms with Gasteiger partial charge < -0.3 is 14.6 Å². The predicted molar refractivity (Wildman–Crippen MR) is 106 cm³/mol. The summed E-state index contributed by atoms with van der Waals surface area (Å²) in [7, 11) is 0. The summed E-state index contributed by atoms with van der Waals surface area (Å²) in [6.07, 6.45) is 0. The third kappa shape index (κ3) is 2.63. The van der Waals surface area contributed by atoms with Crippen LogP contribution in [-0.4, -0.2) is 4.98 Å². The van der Waals surface area contributed by atoms with Gasteiger partial charge >= 0.3 is 0 Å². The molecule has 2 N–H and O–H groups in total. The number of aryl methyl sites for hydroxylation is 3. The van der Waals surface area contributed by atoms with Gasteiger partial charge in [0.05, 0.1) is 16.8 Å². The molecule has 3 heterocycles. The average Bonchev–Trinajstić information content (AvgIpc) is 3.18. The Morgan fingerprint density at radius 1 is 1.00 bits per heavy atom. The molecule has 0 bridgehead atoms. The molecule has 0 fully saturated rings. The molecular weight excluding hydrogens is 392 g/mol. The summed E-state index contributed by atoms with van der Waals surface area (Å²) in [5, 5.41) is 0.849.